The van der Waals surface area contributed by atoms with Crippen molar-refractivity contribution in [2.45, 2.75) is 30.3 Å². The lowest BCUT2D eigenvalue weighted by molar-refractivity contribution is -0.114. The Kier molecular flexibility index (Phi) is 6.50. The van der Waals surface area contributed by atoms with Crippen molar-refractivity contribution in [1.29, 1.82) is 0 Å². The molecule has 1 atom stereocenters. The topological polar surface area (TPSA) is 84.0 Å². The zero-order chi connectivity index (χ0) is 26.3. The summed E-state index contributed by atoms with van der Waals surface area (Å²) in [6.45, 7) is 0.0773. The van der Waals surface area contributed by atoms with Gasteiger partial charge in [-0.05, 0) is 60.9 Å². The Morgan fingerprint density at radius 3 is 2.38 bits per heavy atom. The van der Waals surface area contributed by atoms with Crippen LogP contribution in [-0.4, -0.2) is 43.6 Å². The van der Waals surface area contributed by atoms with Gasteiger partial charge in [0.2, 0.25) is 10.0 Å². The number of carbonyl (C=O) groups is 2. The summed E-state index contributed by atoms with van der Waals surface area (Å²) in [5, 5.41) is 0. The summed E-state index contributed by atoms with van der Waals surface area (Å²) < 4.78 is 73.9. The van der Waals surface area contributed by atoms with Gasteiger partial charge >= 0.3 is 0 Å². The summed E-state index contributed by atoms with van der Waals surface area (Å²) >= 11 is 0. The number of hydrogen-bond acceptors (Lipinski definition) is 5. The van der Waals surface area contributed by atoms with Crippen LogP contribution >= 0.6 is 0 Å². The zero-order valence-electron chi connectivity index (χ0n) is 19.4. The van der Waals surface area contributed by atoms with Crippen LogP contribution in [0.4, 0.5) is 18.9 Å². The fourth-order valence-corrected chi connectivity index (χ4v) is 6.28. The average molecular weight is 531 g/mol. The monoisotopic (exact) mass is 530 g/mol. The van der Waals surface area contributed by atoms with Crippen molar-refractivity contribution < 1.29 is 35.9 Å². The van der Waals surface area contributed by atoms with E-state index >= 15 is 0 Å². The molecular weight excluding hydrogens is 509 g/mol. The summed E-state index contributed by atoms with van der Waals surface area (Å²) in [6, 6.07) is 11.7. The highest BCUT2D eigenvalue weighted by molar-refractivity contribution is 7.89. The van der Waals surface area contributed by atoms with Gasteiger partial charge in [0.15, 0.2) is 11.6 Å². The molecular formula is C26H21F3N2O5S. The number of sulfonamides is 1. The number of ketones is 1. The Bertz CT molecular complexity index is 1490. The van der Waals surface area contributed by atoms with E-state index in [9.17, 15) is 31.2 Å². The fourth-order valence-electron chi connectivity index (χ4n) is 4.58. The van der Waals surface area contributed by atoms with E-state index in [0.29, 0.717) is 24.5 Å². The average Bonchev–Trinajstić information content (AvgIpc) is 3.44. The molecule has 0 saturated carbocycles. The van der Waals surface area contributed by atoms with E-state index in [4.69, 9.17) is 4.74 Å². The van der Waals surface area contributed by atoms with Crippen molar-refractivity contribution in [3.05, 3.63) is 89.2 Å². The molecule has 0 aromatic heterocycles. The van der Waals surface area contributed by atoms with E-state index in [1.807, 2.05) is 0 Å². The van der Waals surface area contributed by atoms with Gasteiger partial charge < -0.3 is 9.64 Å². The number of nitrogens with zero attached hydrogens (tertiary/aromatic N) is 2. The van der Waals surface area contributed by atoms with Gasteiger partial charge in [0.05, 0.1) is 28.7 Å². The van der Waals surface area contributed by atoms with Gasteiger partial charge in [-0.3, -0.25) is 9.59 Å². The highest BCUT2D eigenvalue weighted by Crippen LogP contribution is 2.35. The lowest BCUT2D eigenvalue weighted by Crippen LogP contribution is -2.39. The van der Waals surface area contributed by atoms with E-state index in [0.717, 1.165) is 12.1 Å². The molecule has 1 fully saturated rings. The van der Waals surface area contributed by atoms with E-state index in [-0.39, 0.29) is 41.6 Å². The van der Waals surface area contributed by atoms with Crippen LogP contribution in [0.2, 0.25) is 0 Å². The standard InChI is InChI=1S/C26H21F3N2O5S/c27-17-5-3-16(4-6-17)14-30-23-9-8-20(13-21(23)25(32)26(30)33)37(34,35)31-11-1-2-19(31)15-36-24-10-7-18(28)12-22(24)29/h3-10,12-13,19H,1-2,11,14-15H2. The van der Waals surface area contributed by atoms with Crippen LogP contribution in [0.3, 0.4) is 0 Å². The predicted octanol–water partition coefficient (Wildman–Crippen LogP) is 4.07. The molecule has 0 aliphatic carbocycles. The molecule has 0 N–H and O–H groups in total. The van der Waals surface area contributed by atoms with Gasteiger partial charge in [-0.25, -0.2) is 21.6 Å². The van der Waals surface area contributed by atoms with Crippen LogP contribution in [0.15, 0.2) is 65.6 Å². The normalized spacial score (nSPS) is 17.9. The minimum Gasteiger partial charge on any atom is -0.489 e. The van der Waals surface area contributed by atoms with Crippen LogP contribution in [0, 0.1) is 17.5 Å². The quantitative estimate of drug-likeness (QED) is 0.430. The number of hydrogen-bond donors (Lipinski definition) is 0. The minimum atomic E-state index is -4.08. The molecule has 0 radical (unpaired) electrons. The third-order valence-electron chi connectivity index (χ3n) is 6.45. The molecule has 1 amide bonds. The Labute approximate surface area is 211 Å². The predicted molar refractivity (Wildman–Crippen MR) is 127 cm³/mol. The Morgan fingerprint density at radius 2 is 1.65 bits per heavy atom. The molecule has 2 aliphatic rings. The molecule has 37 heavy (non-hydrogen) atoms. The number of ether oxygens (including phenoxy) is 1. The number of fused-ring (bicyclic) bond motifs is 1. The molecule has 1 unspecified atom stereocenters. The molecule has 5 rings (SSSR count). The molecule has 0 spiro atoms. The maximum atomic E-state index is 13.9. The van der Waals surface area contributed by atoms with E-state index < -0.39 is 45.2 Å². The van der Waals surface area contributed by atoms with E-state index in [2.05, 4.69) is 0 Å². The first kappa shape index (κ1) is 25.0. The number of anilines is 1. The number of rotatable bonds is 7. The van der Waals surface area contributed by atoms with Gasteiger partial charge in [-0.1, -0.05) is 12.1 Å². The minimum absolute atomic E-state index is 0.0232. The molecule has 2 aliphatic heterocycles. The third kappa shape index (κ3) is 4.72. The lowest BCUT2D eigenvalue weighted by atomic mass is 10.1. The second-order valence-corrected chi connectivity index (χ2v) is 10.7. The maximum Gasteiger partial charge on any atom is 0.299 e. The summed E-state index contributed by atoms with van der Waals surface area (Å²) in [4.78, 5) is 26.4. The largest absolute Gasteiger partial charge is 0.489 e. The highest BCUT2D eigenvalue weighted by Gasteiger charge is 2.40. The molecule has 0 bridgehead atoms. The van der Waals surface area contributed by atoms with Crippen LogP contribution in [0.25, 0.3) is 0 Å². The zero-order valence-corrected chi connectivity index (χ0v) is 20.2. The molecule has 3 aromatic carbocycles. The molecule has 3 aromatic rings. The smallest absolute Gasteiger partial charge is 0.299 e. The van der Waals surface area contributed by atoms with Gasteiger partial charge in [0.1, 0.15) is 18.2 Å². The maximum absolute atomic E-state index is 13.9. The van der Waals surface area contributed by atoms with Gasteiger partial charge in [0.25, 0.3) is 11.7 Å². The van der Waals surface area contributed by atoms with Crippen molar-refractivity contribution in [2.75, 3.05) is 18.1 Å². The van der Waals surface area contributed by atoms with Crippen molar-refractivity contribution in [2.24, 2.45) is 0 Å². The van der Waals surface area contributed by atoms with E-state index in [1.165, 1.54) is 51.7 Å². The van der Waals surface area contributed by atoms with Gasteiger partial charge in [0, 0.05) is 12.6 Å². The first-order valence-corrected chi connectivity index (χ1v) is 12.9. The van der Waals surface area contributed by atoms with Crippen molar-refractivity contribution >= 4 is 27.4 Å². The molecule has 192 valence electrons. The summed E-state index contributed by atoms with van der Waals surface area (Å²) in [7, 11) is -4.08. The molecule has 7 nitrogen and oxygen atoms in total. The highest BCUT2D eigenvalue weighted by atomic mass is 32.2. The number of Topliss-reactive ketones (excluding diaryl/α,β-unsaturated/α-hetero) is 1. The van der Waals surface area contributed by atoms with Crippen LogP contribution in [0.5, 0.6) is 5.75 Å². The van der Waals surface area contributed by atoms with Crippen molar-refractivity contribution in [3.8, 4) is 5.75 Å². The number of carbonyl (C=O) groups excluding carboxylic acids is 2. The second kappa shape index (κ2) is 9.64. The SMILES string of the molecule is O=C1C(=O)N(Cc2ccc(F)cc2)c2ccc(S(=O)(=O)N3CCCC3COc3ccc(F)cc3F)cc21. The van der Waals surface area contributed by atoms with Gasteiger partial charge in [-0.15, -0.1) is 0 Å². The molecule has 1 saturated heterocycles. The Morgan fingerprint density at radius 1 is 0.919 bits per heavy atom. The number of amides is 1. The van der Waals surface area contributed by atoms with Crippen LogP contribution in [-0.2, 0) is 21.4 Å². The third-order valence-corrected chi connectivity index (χ3v) is 8.40. The van der Waals surface area contributed by atoms with E-state index in [1.54, 1.807) is 0 Å². The first-order chi connectivity index (χ1) is 17.6. The molecule has 11 heteroatoms. The summed E-state index contributed by atoms with van der Waals surface area (Å²) in [6.07, 6.45) is 1.02. The van der Waals surface area contributed by atoms with Crippen LogP contribution < -0.4 is 9.64 Å². The fraction of sp³-hybridized carbons (Fsp3) is 0.231. The van der Waals surface area contributed by atoms with Crippen LogP contribution in [0.1, 0.15) is 28.8 Å². The Balaban J connectivity index is 1.37. The van der Waals surface area contributed by atoms with Gasteiger partial charge in [-0.2, -0.15) is 4.31 Å². The number of halogens is 3. The van der Waals surface area contributed by atoms with Crippen molar-refractivity contribution in [3.63, 3.8) is 0 Å². The lowest BCUT2D eigenvalue weighted by Gasteiger charge is -2.24. The second-order valence-electron chi connectivity index (χ2n) is 8.82. The molecule has 2 heterocycles. The van der Waals surface area contributed by atoms with Crippen molar-refractivity contribution in [1.82, 2.24) is 4.31 Å². The Hall–Kier alpha value is -3.70. The first-order valence-electron chi connectivity index (χ1n) is 11.5. The number of benzene rings is 3. The summed E-state index contributed by atoms with van der Waals surface area (Å²) in [5.74, 6) is -3.90. The summed E-state index contributed by atoms with van der Waals surface area (Å²) in [5.41, 5.74) is 0.838.